The molecule has 6 heteroatoms. The minimum atomic E-state index is 0.0475. The molecule has 1 unspecified atom stereocenters. The van der Waals surface area contributed by atoms with Gasteiger partial charge in [0.15, 0.2) is 0 Å². The second kappa shape index (κ2) is 11.5. The van der Waals surface area contributed by atoms with Gasteiger partial charge in [-0.15, -0.1) is 0 Å². The van der Waals surface area contributed by atoms with Crippen molar-refractivity contribution in [3.8, 4) is 5.75 Å². The molecule has 2 aromatic rings. The van der Waals surface area contributed by atoms with Crippen molar-refractivity contribution >= 4 is 11.6 Å². The van der Waals surface area contributed by atoms with E-state index < -0.39 is 0 Å². The number of rotatable bonds is 7. The molecule has 2 aromatic carbocycles. The third-order valence-electron chi connectivity index (χ3n) is 6.46. The first-order valence-electron chi connectivity index (χ1n) is 11.8. The number of anilines is 1. The third-order valence-corrected chi connectivity index (χ3v) is 6.46. The summed E-state index contributed by atoms with van der Waals surface area (Å²) >= 11 is 0. The zero-order valence-corrected chi connectivity index (χ0v) is 19.1. The Morgan fingerprint density at radius 1 is 1.00 bits per heavy atom. The number of nitrogens with one attached hydrogen (secondary N) is 1. The van der Waals surface area contributed by atoms with Gasteiger partial charge in [0.1, 0.15) is 5.75 Å². The second-order valence-corrected chi connectivity index (χ2v) is 8.74. The number of carbonyl (C=O) groups excluding carboxylic acids is 1. The largest absolute Gasteiger partial charge is 0.497 e. The lowest BCUT2D eigenvalue weighted by atomic mass is 10.0. The summed E-state index contributed by atoms with van der Waals surface area (Å²) in [6.07, 6.45) is 4.63. The van der Waals surface area contributed by atoms with Crippen LogP contribution in [0.15, 0.2) is 48.5 Å². The lowest BCUT2D eigenvalue weighted by Gasteiger charge is -2.30. The number of ether oxygens (including phenoxy) is 2. The molecule has 2 heterocycles. The molecule has 6 nitrogen and oxygen atoms in total. The smallest absolute Gasteiger partial charge is 0.238 e. The molecule has 2 saturated heterocycles. The van der Waals surface area contributed by atoms with Gasteiger partial charge in [0.25, 0.3) is 0 Å². The summed E-state index contributed by atoms with van der Waals surface area (Å²) in [5.41, 5.74) is 3.38. The van der Waals surface area contributed by atoms with Gasteiger partial charge in [-0.2, -0.15) is 0 Å². The van der Waals surface area contributed by atoms with Crippen LogP contribution in [0, 0.1) is 0 Å². The first kappa shape index (κ1) is 22.8. The Bertz CT molecular complexity index is 848. The molecular weight excluding hydrogens is 402 g/mol. The number of amides is 1. The summed E-state index contributed by atoms with van der Waals surface area (Å²) in [6.45, 7) is 5.85. The summed E-state index contributed by atoms with van der Waals surface area (Å²) in [5, 5.41) is 3.10. The van der Waals surface area contributed by atoms with E-state index >= 15 is 0 Å². The van der Waals surface area contributed by atoms with Crippen LogP contribution in [0.5, 0.6) is 5.75 Å². The first-order chi connectivity index (χ1) is 15.7. The molecule has 1 N–H and O–H groups in total. The van der Waals surface area contributed by atoms with Crippen molar-refractivity contribution < 1.29 is 14.3 Å². The Balaban J connectivity index is 1.34. The number of morpholine rings is 1. The number of hydrogen-bond acceptors (Lipinski definition) is 5. The normalized spacial score (nSPS) is 20.5. The van der Waals surface area contributed by atoms with Crippen molar-refractivity contribution in [1.29, 1.82) is 0 Å². The third kappa shape index (κ3) is 6.31. The van der Waals surface area contributed by atoms with Gasteiger partial charge in [-0.1, -0.05) is 37.1 Å². The number of hydrogen-bond donors (Lipinski definition) is 1. The first-order valence-corrected chi connectivity index (χ1v) is 11.8. The zero-order chi connectivity index (χ0) is 22.2. The summed E-state index contributed by atoms with van der Waals surface area (Å²) in [5.74, 6) is 0.912. The maximum atomic E-state index is 12.9. The zero-order valence-electron chi connectivity index (χ0n) is 19.1. The minimum Gasteiger partial charge on any atom is -0.497 e. The van der Waals surface area contributed by atoms with E-state index in [0.29, 0.717) is 6.54 Å². The van der Waals surface area contributed by atoms with E-state index in [-0.39, 0.29) is 11.9 Å². The maximum absolute atomic E-state index is 12.9. The highest BCUT2D eigenvalue weighted by atomic mass is 16.5. The van der Waals surface area contributed by atoms with Crippen molar-refractivity contribution in [2.45, 2.75) is 38.3 Å². The van der Waals surface area contributed by atoms with E-state index in [4.69, 9.17) is 9.47 Å². The Morgan fingerprint density at radius 3 is 2.47 bits per heavy atom. The standard InChI is InChI=1S/C26H35N3O3/c1-31-24-12-8-22(9-13-24)25-5-3-2-4-14-29(25)20-26(30)27-23-10-6-21(7-11-23)19-28-15-17-32-18-16-28/h6-13,25H,2-5,14-20H2,1H3,(H,27,30). The van der Waals surface area contributed by atoms with Crippen LogP contribution in [0.4, 0.5) is 5.69 Å². The monoisotopic (exact) mass is 437 g/mol. The SMILES string of the molecule is COc1ccc(C2CCCCCN2CC(=O)Nc2ccc(CN3CCOCC3)cc2)cc1. The summed E-state index contributed by atoms with van der Waals surface area (Å²) in [6, 6.07) is 16.8. The number of benzene rings is 2. The van der Waals surface area contributed by atoms with Gasteiger partial charge in [0.2, 0.25) is 5.91 Å². The summed E-state index contributed by atoms with van der Waals surface area (Å²) in [4.78, 5) is 17.6. The lowest BCUT2D eigenvalue weighted by molar-refractivity contribution is -0.117. The van der Waals surface area contributed by atoms with Crippen molar-refractivity contribution in [3.05, 3.63) is 59.7 Å². The fraction of sp³-hybridized carbons (Fsp3) is 0.500. The quantitative estimate of drug-likeness (QED) is 0.707. The molecule has 172 valence electrons. The molecule has 0 spiro atoms. The Morgan fingerprint density at radius 2 is 1.75 bits per heavy atom. The van der Waals surface area contributed by atoms with Crippen molar-refractivity contribution in [2.24, 2.45) is 0 Å². The molecule has 0 aliphatic carbocycles. The van der Waals surface area contributed by atoms with Crippen LogP contribution in [-0.4, -0.2) is 62.2 Å². The molecule has 0 aromatic heterocycles. The maximum Gasteiger partial charge on any atom is 0.238 e. The van der Waals surface area contributed by atoms with Gasteiger partial charge < -0.3 is 14.8 Å². The van der Waals surface area contributed by atoms with Gasteiger partial charge in [-0.3, -0.25) is 14.6 Å². The number of likely N-dealkylation sites (tertiary alicyclic amines) is 1. The van der Waals surface area contributed by atoms with Crippen molar-refractivity contribution in [3.63, 3.8) is 0 Å². The molecule has 1 amide bonds. The predicted octanol–water partition coefficient (Wildman–Crippen LogP) is 4.08. The van der Waals surface area contributed by atoms with Gasteiger partial charge in [0.05, 0.1) is 26.9 Å². The predicted molar refractivity (Wildman–Crippen MR) is 127 cm³/mol. The molecule has 0 bridgehead atoms. The van der Waals surface area contributed by atoms with Crippen LogP contribution in [0.25, 0.3) is 0 Å². The molecular formula is C26H35N3O3. The molecule has 2 fully saturated rings. The fourth-order valence-corrected chi connectivity index (χ4v) is 4.66. The van der Waals surface area contributed by atoms with Crippen molar-refractivity contribution in [1.82, 2.24) is 9.80 Å². The molecule has 2 aliphatic heterocycles. The van der Waals surface area contributed by atoms with E-state index in [2.05, 4.69) is 39.4 Å². The highest BCUT2D eigenvalue weighted by Crippen LogP contribution is 2.31. The van der Waals surface area contributed by atoms with E-state index in [9.17, 15) is 4.79 Å². The van der Waals surface area contributed by atoms with Crippen LogP contribution in [0.3, 0.4) is 0 Å². The van der Waals surface area contributed by atoms with E-state index in [0.717, 1.165) is 63.7 Å². The van der Waals surface area contributed by atoms with Crippen LogP contribution in [-0.2, 0) is 16.1 Å². The van der Waals surface area contributed by atoms with E-state index in [1.807, 2.05) is 24.3 Å². The van der Waals surface area contributed by atoms with E-state index in [1.165, 1.54) is 24.0 Å². The topological polar surface area (TPSA) is 54.0 Å². The Kier molecular flexibility index (Phi) is 8.15. The van der Waals surface area contributed by atoms with Gasteiger partial charge in [-0.05, 0) is 54.8 Å². The van der Waals surface area contributed by atoms with Gasteiger partial charge >= 0.3 is 0 Å². The van der Waals surface area contributed by atoms with Crippen molar-refractivity contribution in [2.75, 3.05) is 51.8 Å². The summed E-state index contributed by atoms with van der Waals surface area (Å²) in [7, 11) is 1.69. The van der Waals surface area contributed by atoms with Crippen LogP contribution < -0.4 is 10.1 Å². The molecule has 32 heavy (non-hydrogen) atoms. The molecule has 1 atom stereocenters. The second-order valence-electron chi connectivity index (χ2n) is 8.74. The number of methoxy groups -OCH3 is 1. The number of nitrogens with zero attached hydrogens (tertiary/aromatic N) is 2. The molecule has 2 aliphatic rings. The molecule has 0 radical (unpaired) electrons. The molecule has 4 rings (SSSR count). The highest BCUT2D eigenvalue weighted by Gasteiger charge is 2.24. The van der Waals surface area contributed by atoms with Crippen LogP contribution >= 0.6 is 0 Å². The number of carbonyl (C=O) groups is 1. The molecule has 0 saturated carbocycles. The Hall–Kier alpha value is -2.41. The van der Waals surface area contributed by atoms with Gasteiger partial charge in [0, 0.05) is 31.4 Å². The lowest BCUT2D eigenvalue weighted by Crippen LogP contribution is -2.36. The minimum absolute atomic E-state index is 0.0475. The highest BCUT2D eigenvalue weighted by molar-refractivity contribution is 5.92. The average molecular weight is 438 g/mol. The fourth-order valence-electron chi connectivity index (χ4n) is 4.66. The average Bonchev–Trinajstić information content (AvgIpc) is 3.06. The van der Waals surface area contributed by atoms with E-state index in [1.54, 1.807) is 7.11 Å². The summed E-state index contributed by atoms with van der Waals surface area (Å²) < 4.78 is 10.7. The van der Waals surface area contributed by atoms with Crippen LogP contribution in [0.2, 0.25) is 0 Å². The Labute approximate surface area is 191 Å². The van der Waals surface area contributed by atoms with Gasteiger partial charge in [-0.25, -0.2) is 0 Å². The van der Waals surface area contributed by atoms with Crippen LogP contribution in [0.1, 0.15) is 42.9 Å².